The standard InChI is InChI=1S/C18H24N4O3/c1-3-4-7-16(23)22-9-8-21-12-15(20-17(21)13(22)2)18(24)19-11-14-6-5-10-25-14/h5-6,10,12-13H,3-4,7-9,11H2,1-2H3,(H,19,24). The van der Waals surface area contributed by atoms with E-state index in [1.165, 1.54) is 0 Å². The molecule has 0 saturated heterocycles. The summed E-state index contributed by atoms with van der Waals surface area (Å²) in [6.45, 7) is 5.68. The van der Waals surface area contributed by atoms with Crippen LogP contribution in [0, 0.1) is 0 Å². The lowest BCUT2D eigenvalue weighted by Crippen LogP contribution is -2.41. The highest BCUT2D eigenvalue weighted by Gasteiger charge is 2.30. The fourth-order valence-corrected chi connectivity index (χ4v) is 3.08. The van der Waals surface area contributed by atoms with Crippen LogP contribution in [0.15, 0.2) is 29.0 Å². The number of unbranched alkanes of at least 4 members (excludes halogenated alkanes) is 1. The Kier molecular flexibility index (Phi) is 5.21. The SMILES string of the molecule is CCCCC(=O)N1CCn2cc(C(=O)NCc3ccco3)nc2C1C. The minimum atomic E-state index is -0.241. The van der Waals surface area contributed by atoms with Crippen LogP contribution >= 0.6 is 0 Å². The Morgan fingerprint density at radius 3 is 2.96 bits per heavy atom. The minimum Gasteiger partial charge on any atom is -0.467 e. The van der Waals surface area contributed by atoms with E-state index in [1.54, 1.807) is 24.6 Å². The molecular formula is C18H24N4O3. The molecule has 1 aliphatic rings. The summed E-state index contributed by atoms with van der Waals surface area (Å²) in [5, 5.41) is 2.80. The average Bonchev–Trinajstić information content (AvgIpc) is 3.27. The quantitative estimate of drug-likeness (QED) is 0.873. The van der Waals surface area contributed by atoms with Crippen molar-refractivity contribution in [2.45, 2.75) is 52.2 Å². The third kappa shape index (κ3) is 3.75. The third-order valence-corrected chi connectivity index (χ3v) is 4.53. The summed E-state index contributed by atoms with van der Waals surface area (Å²) in [7, 11) is 0. The molecule has 7 heteroatoms. The molecule has 1 aliphatic heterocycles. The monoisotopic (exact) mass is 344 g/mol. The van der Waals surface area contributed by atoms with E-state index in [1.807, 2.05) is 16.4 Å². The maximum Gasteiger partial charge on any atom is 0.271 e. The van der Waals surface area contributed by atoms with Crippen LogP contribution in [-0.4, -0.2) is 32.8 Å². The molecule has 7 nitrogen and oxygen atoms in total. The number of carbonyl (C=O) groups is 2. The summed E-state index contributed by atoms with van der Waals surface area (Å²) < 4.78 is 7.17. The van der Waals surface area contributed by atoms with E-state index in [0.717, 1.165) is 18.7 Å². The maximum absolute atomic E-state index is 12.4. The topological polar surface area (TPSA) is 80.4 Å². The van der Waals surface area contributed by atoms with Gasteiger partial charge in [-0.25, -0.2) is 4.98 Å². The molecule has 1 unspecified atom stereocenters. The lowest BCUT2D eigenvalue weighted by atomic mass is 10.1. The van der Waals surface area contributed by atoms with Gasteiger partial charge in [0.2, 0.25) is 5.91 Å². The van der Waals surface area contributed by atoms with E-state index in [4.69, 9.17) is 4.42 Å². The van der Waals surface area contributed by atoms with Crippen molar-refractivity contribution in [2.75, 3.05) is 6.54 Å². The summed E-state index contributed by atoms with van der Waals surface area (Å²) in [6, 6.07) is 3.47. The van der Waals surface area contributed by atoms with Gasteiger partial charge in [0.25, 0.3) is 5.91 Å². The highest BCUT2D eigenvalue weighted by atomic mass is 16.3. The van der Waals surface area contributed by atoms with Gasteiger partial charge in [-0.15, -0.1) is 0 Å². The largest absolute Gasteiger partial charge is 0.467 e. The molecule has 0 aromatic carbocycles. The van der Waals surface area contributed by atoms with Gasteiger partial charge in [0, 0.05) is 25.7 Å². The smallest absolute Gasteiger partial charge is 0.271 e. The number of amides is 2. The molecule has 2 aromatic rings. The Morgan fingerprint density at radius 2 is 2.24 bits per heavy atom. The molecule has 2 aromatic heterocycles. The molecule has 0 aliphatic carbocycles. The Bertz CT molecular complexity index is 736. The summed E-state index contributed by atoms with van der Waals surface area (Å²) in [5.74, 6) is 1.37. The second kappa shape index (κ2) is 7.55. The first-order chi connectivity index (χ1) is 12.1. The van der Waals surface area contributed by atoms with Gasteiger partial charge in [-0.05, 0) is 25.5 Å². The highest BCUT2D eigenvalue weighted by molar-refractivity contribution is 5.92. The summed E-state index contributed by atoms with van der Waals surface area (Å²) >= 11 is 0. The maximum atomic E-state index is 12.4. The fourth-order valence-electron chi connectivity index (χ4n) is 3.08. The van der Waals surface area contributed by atoms with Crippen LogP contribution in [-0.2, 0) is 17.9 Å². The van der Waals surface area contributed by atoms with Gasteiger partial charge < -0.3 is 19.2 Å². The fraction of sp³-hybridized carbons (Fsp3) is 0.500. The normalized spacial score (nSPS) is 16.6. The number of nitrogens with zero attached hydrogens (tertiary/aromatic N) is 3. The van der Waals surface area contributed by atoms with Crippen molar-refractivity contribution in [1.82, 2.24) is 19.8 Å². The molecule has 0 bridgehead atoms. The predicted octanol–water partition coefficient (Wildman–Crippen LogP) is 2.50. The lowest BCUT2D eigenvalue weighted by Gasteiger charge is -2.33. The first-order valence-electron chi connectivity index (χ1n) is 8.77. The minimum absolute atomic E-state index is 0.121. The number of carbonyl (C=O) groups excluding carboxylic acids is 2. The van der Waals surface area contributed by atoms with Crippen LogP contribution in [0.1, 0.15) is 61.2 Å². The van der Waals surface area contributed by atoms with Crippen LogP contribution in [0.3, 0.4) is 0 Å². The van der Waals surface area contributed by atoms with E-state index in [0.29, 0.717) is 37.5 Å². The third-order valence-electron chi connectivity index (χ3n) is 4.53. The van der Waals surface area contributed by atoms with Gasteiger partial charge in [0.05, 0.1) is 18.8 Å². The van der Waals surface area contributed by atoms with E-state index < -0.39 is 0 Å². The van der Waals surface area contributed by atoms with Gasteiger partial charge in [-0.3, -0.25) is 9.59 Å². The molecule has 3 rings (SSSR count). The molecule has 0 radical (unpaired) electrons. The van der Waals surface area contributed by atoms with E-state index in [-0.39, 0.29) is 17.9 Å². The van der Waals surface area contributed by atoms with Crippen LogP contribution in [0.25, 0.3) is 0 Å². The van der Waals surface area contributed by atoms with Crippen LogP contribution < -0.4 is 5.32 Å². The lowest BCUT2D eigenvalue weighted by molar-refractivity contribution is -0.134. The number of fused-ring (bicyclic) bond motifs is 1. The Balaban J connectivity index is 1.67. The van der Waals surface area contributed by atoms with Crippen molar-refractivity contribution in [3.63, 3.8) is 0 Å². The Hall–Kier alpha value is -2.57. The molecular weight excluding hydrogens is 320 g/mol. The zero-order chi connectivity index (χ0) is 17.8. The van der Waals surface area contributed by atoms with Crippen molar-refractivity contribution in [2.24, 2.45) is 0 Å². The van der Waals surface area contributed by atoms with Gasteiger partial charge in [-0.2, -0.15) is 0 Å². The van der Waals surface area contributed by atoms with Gasteiger partial charge in [0.1, 0.15) is 17.3 Å². The average molecular weight is 344 g/mol. The molecule has 25 heavy (non-hydrogen) atoms. The van der Waals surface area contributed by atoms with Crippen molar-refractivity contribution >= 4 is 11.8 Å². The number of hydrogen-bond donors (Lipinski definition) is 1. The number of rotatable bonds is 6. The van der Waals surface area contributed by atoms with Crippen molar-refractivity contribution in [3.05, 3.63) is 41.9 Å². The van der Waals surface area contributed by atoms with Crippen molar-refractivity contribution in [3.8, 4) is 0 Å². The second-order valence-corrected chi connectivity index (χ2v) is 6.31. The van der Waals surface area contributed by atoms with Crippen LogP contribution in [0.2, 0.25) is 0 Å². The Morgan fingerprint density at radius 1 is 1.40 bits per heavy atom. The summed E-state index contributed by atoms with van der Waals surface area (Å²) in [4.78, 5) is 31.0. The number of hydrogen-bond acceptors (Lipinski definition) is 4. The van der Waals surface area contributed by atoms with Gasteiger partial charge >= 0.3 is 0 Å². The Labute approximate surface area is 147 Å². The zero-order valence-electron chi connectivity index (χ0n) is 14.7. The summed E-state index contributed by atoms with van der Waals surface area (Å²) in [5.41, 5.74) is 0.372. The van der Waals surface area contributed by atoms with Gasteiger partial charge in [0.15, 0.2) is 0 Å². The molecule has 2 amide bonds. The zero-order valence-corrected chi connectivity index (χ0v) is 14.7. The predicted molar refractivity (Wildman–Crippen MR) is 91.8 cm³/mol. The first kappa shape index (κ1) is 17.3. The molecule has 134 valence electrons. The van der Waals surface area contributed by atoms with E-state index >= 15 is 0 Å². The highest BCUT2D eigenvalue weighted by Crippen LogP contribution is 2.25. The molecule has 0 spiro atoms. The number of furan rings is 1. The molecule has 3 heterocycles. The van der Waals surface area contributed by atoms with Crippen LogP contribution in [0.5, 0.6) is 0 Å². The van der Waals surface area contributed by atoms with E-state index in [9.17, 15) is 9.59 Å². The number of aromatic nitrogens is 2. The van der Waals surface area contributed by atoms with E-state index in [2.05, 4.69) is 17.2 Å². The summed E-state index contributed by atoms with van der Waals surface area (Å²) in [6.07, 6.45) is 5.80. The number of nitrogens with one attached hydrogen (secondary N) is 1. The number of imidazole rings is 1. The second-order valence-electron chi connectivity index (χ2n) is 6.31. The van der Waals surface area contributed by atoms with Crippen LogP contribution in [0.4, 0.5) is 0 Å². The van der Waals surface area contributed by atoms with Gasteiger partial charge in [-0.1, -0.05) is 13.3 Å². The molecule has 1 N–H and O–H groups in total. The van der Waals surface area contributed by atoms with Crippen molar-refractivity contribution < 1.29 is 14.0 Å². The first-order valence-corrected chi connectivity index (χ1v) is 8.77. The molecule has 0 fully saturated rings. The molecule has 1 atom stereocenters. The molecule has 0 saturated carbocycles. The van der Waals surface area contributed by atoms with Crippen molar-refractivity contribution in [1.29, 1.82) is 0 Å².